The molecule has 0 heterocycles. The van der Waals surface area contributed by atoms with Crippen LogP contribution in [0.2, 0.25) is 0 Å². The van der Waals surface area contributed by atoms with E-state index in [1.54, 1.807) is 6.07 Å². The molecule has 1 aromatic carbocycles. The van der Waals surface area contributed by atoms with Gasteiger partial charge in [-0.2, -0.15) is 0 Å². The number of rotatable bonds is 4. The molecule has 0 aliphatic carbocycles. The minimum absolute atomic E-state index is 0.0729. The number of carboxylic acids is 1. The molecule has 0 unspecified atom stereocenters. The first-order chi connectivity index (χ1) is 6.95. The van der Waals surface area contributed by atoms with Crippen molar-refractivity contribution in [2.24, 2.45) is 0 Å². The molecular weight excluding hydrogens is 218 g/mol. The van der Waals surface area contributed by atoms with Crippen LogP contribution in [-0.2, 0) is 21.2 Å². The lowest BCUT2D eigenvalue weighted by Crippen LogP contribution is -2.18. The summed E-state index contributed by atoms with van der Waals surface area (Å²) in [6.07, 6.45) is -0.187. The highest BCUT2D eigenvalue weighted by molar-refractivity contribution is 7.89. The predicted octanol–water partition coefficient (Wildman–Crippen LogP) is 0.222. The summed E-state index contributed by atoms with van der Waals surface area (Å²) < 4.78 is 24.9. The lowest BCUT2D eigenvalue weighted by atomic mass is 10.2. The third kappa shape index (κ3) is 3.03. The number of hydrogen-bond acceptors (Lipinski definition) is 3. The number of carboxylic acid groups (broad SMARTS) is 1. The maximum absolute atomic E-state index is 11.4. The van der Waals surface area contributed by atoms with Gasteiger partial charge in [0.15, 0.2) is 0 Å². The molecule has 0 radical (unpaired) electrons. The van der Waals surface area contributed by atoms with E-state index < -0.39 is 16.0 Å². The van der Waals surface area contributed by atoms with Crippen molar-refractivity contribution in [3.63, 3.8) is 0 Å². The summed E-state index contributed by atoms with van der Waals surface area (Å²) in [5, 5.41) is 8.55. The number of carbonyl (C=O) groups is 1. The summed E-state index contributed by atoms with van der Waals surface area (Å²) in [7, 11) is -2.19. The molecule has 0 atom stereocenters. The third-order valence-electron chi connectivity index (χ3n) is 1.83. The highest BCUT2D eigenvalue weighted by Crippen LogP contribution is 2.11. The van der Waals surface area contributed by atoms with Gasteiger partial charge in [-0.15, -0.1) is 0 Å². The van der Waals surface area contributed by atoms with Gasteiger partial charge in [-0.25, -0.2) is 13.1 Å². The van der Waals surface area contributed by atoms with E-state index in [-0.39, 0.29) is 11.3 Å². The first-order valence-corrected chi connectivity index (χ1v) is 5.68. The molecule has 1 rings (SSSR count). The van der Waals surface area contributed by atoms with Crippen molar-refractivity contribution in [1.82, 2.24) is 4.72 Å². The van der Waals surface area contributed by atoms with Gasteiger partial charge in [0.25, 0.3) is 0 Å². The molecule has 82 valence electrons. The van der Waals surface area contributed by atoms with Gasteiger partial charge in [0, 0.05) is 0 Å². The number of aliphatic carboxylic acids is 1. The Morgan fingerprint density at radius 1 is 1.47 bits per heavy atom. The van der Waals surface area contributed by atoms with Crippen molar-refractivity contribution >= 4 is 16.0 Å². The van der Waals surface area contributed by atoms with E-state index >= 15 is 0 Å². The van der Waals surface area contributed by atoms with E-state index in [2.05, 4.69) is 4.72 Å². The minimum Gasteiger partial charge on any atom is -0.481 e. The molecule has 0 aromatic heterocycles. The van der Waals surface area contributed by atoms with Crippen molar-refractivity contribution in [3.05, 3.63) is 29.8 Å². The Morgan fingerprint density at radius 3 is 2.67 bits per heavy atom. The summed E-state index contributed by atoms with van der Waals surface area (Å²) in [5.74, 6) is -0.992. The van der Waals surface area contributed by atoms with E-state index in [0.29, 0.717) is 5.56 Å². The summed E-state index contributed by atoms with van der Waals surface area (Å²) >= 11 is 0. The smallest absolute Gasteiger partial charge is 0.307 e. The van der Waals surface area contributed by atoms with E-state index in [9.17, 15) is 13.2 Å². The quantitative estimate of drug-likeness (QED) is 0.773. The van der Waals surface area contributed by atoms with E-state index in [4.69, 9.17) is 5.11 Å². The van der Waals surface area contributed by atoms with Crippen LogP contribution in [0, 0.1) is 0 Å². The summed E-state index contributed by atoms with van der Waals surface area (Å²) in [5.41, 5.74) is 0.457. The third-order valence-corrected chi connectivity index (χ3v) is 3.24. The number of sulfonamides is 1. The molecule has 1 aromatic rings. The Labute approximate surface area is 87.8 Å². The molecule has 2 N–H and O–H groups in total. The fourth-order valence-corrected chi connectivity index (χ4v) is 1.92. The average Bonchev–Trinajstić information content (AvgIpc) is 2.17. The SMILES string of the molecule is CNS(=O)(=O)c1cccc(CC(=O)O)c1. The lowest BCUT2D eigenvalue weighted by molar-refractivity contribution is -0.136. The second-order valence-electron chi connectivity index (χ2n) is 2.93. The minimum atomic E-state index is -3.50. The van der Waals surface area contributed by atoms with Crippen LogP contribution >= 0.6 is 0 Å². The summed E-state index contributed by atoms with van der Waals surface area (Å²) in [4.78, 5) is 10.5. The zero-order chi connectivity index (χ0) is 11.5. The molecule has 5 nitrogen and oxygen atoms in total. The van der Waals surface area contributed by atoms with Crippen LogP contribution in [-0.4, -0.2) is 26.5 Å². The Hall–Kier alpha value is -1.40. The molecular formula is C9H11NO4S. The fourth-order valence-electron chi connectivity index (χ4n) is 1.12. The zero-order valence-corrected chi connectivity index (χ0v) is 8.91. The molecule has 0 saturated heterocycles. The van der Waals surface area contributed by atoms with E-state index in [1.807, 2.05) is 0 Å². The molecule has 6 heteroatoms. The second kappa shape index (κ2) is 4.41. The van der Waals surface area contributed by atoms with Crippen LogP contribution in [0.25, 0.3) is 0 Å². The van der Waals surface area contributed by atoms with Crippen LogP contribution in [0.3, 0.4) is 0 Å². The molecule has 0 saturated carbocycles. The maximum Gasteiger partial charge on any atom is 0.307 e. The van der Waals surface area contributed by atoms with Gasteiger partial charge in [-0.05, 0) is 24.7 Å². The molecule has 0 bridgehead atoms. The zero-order valence-electron chi connectivity index (χ0n) is 8.10. The lowest BCUT2D eigenvalue weighted by Gasteiger charge is -2.03. The van der Waals surface area contributed by atoms with Crippen LogP contribution in [0.15, 0.2) is 29.2 Å². The standard InChI is InChI=1S/C9H11NO4S/c1-10-15(13,14)8-4-2-3-7(5-8)6-9(11)12/h2-5,10H,6H2,1H3,(H,11,12). The highest BCUT2D eigenvalue weighted by Gasteiger charge is 2.11. The van der Waals surface area contributed by atoms with Crippen LogP contribution in [0.5, 0.6) is 0 Å². The van der Waals surface area contributed by atoms with E-state index in [0.717, 1.165) is 0 Å². The van der Waals surface area contributed by atoms with Gasteiger partial charge in [0.1, 0.15) is 0 Å². The predicted molar refractivity (Wildman–Crippen MR) is 54.0 cm³/mol. The Bertz CT molecular complexity index is 467. The molecule has 0 fully saturated rings. The first kappa shape index (κ1) is 11.7. The summed E-state index contributed by atoms with van der Waals surface area (Å²) in [6.45, 7) is 0. The van der Waals surface area contributed by atoms with Crippen molar-refractivity contribution in [2.75, 3.05) is 7.05 Å². The van der Waals surface area contributed by atoms with Gasteiger partial charge in [0.05, 0.1) is 11.3 Å². The van der Waals surface area contributed by atoms with Gasteiger partial charge in [0.2, 0.25) is 10.0 Å². The molecule has 0 aliphatic heterocycles. The Kier molecular flexibility index (Phi) is 3.43. The average molecular weight is 229 g/mol. The monoisotopic (exact) mass is 229 g/mol. The molecule has 0 aliphatic rings. The fraction of sp³-hybridized carbons (Fsp3) is 0.222. The van der Waals surface area contributed by atoms with Crippen molar-refractivity contribution in [2.45, 2.75) is 11.3 Å². The van der Waals surface area contributed by atoms with Crippen LogP contribution < -0.4 is 4.72 Å². The molecule has 0 spiro atoms. The van der Waals surface area contributed by atoms with Crippen molar-refractivity contribution in [1.29, 1.82) is 0 Å². The Balaban J connectivity index is 3.08. The van der Waals surface area contributed by atoms with Gasteiger partial charge in [-0.3, -0.25) is 4.79 Å². The van der Waals surface area contributed by atoms with Gasteiger partial charge < -0.3 is 5.11 Å². The summed E-state index contributed by atoms with van der Waals surface area (Å²) in [6, 6.07) is 5.85. The second-order valence-corrected chi connectivity index (χ2v) is 4.81. The van der Waals surface area contributed by atoms with Crippen molar-refractivity contribution in [3.8, 4) is 0 Å². The van der Waals surface area contributed by atoms with Crippen LogP contribution in [0.4, 0.5) is 0 Å². The molecule has 0 amide bonds. The number of benzene rings is 1. The van der Waals surface area contributed by atoms with Gasteiger partial charge >= 0.3 is 5.97 Å². The topological polar surface area (TPSA) is 83.5 Å². The Morgan fingerprint density at radius 2 is 2.13 bits per heavy atom. The largest absolute Gasteiger partial charge is 0.481 e. The first-order valence-electron chi connectivity index (χ1n) is 4.20. The maximum atomic E-state index is 11.4. The number of hydrogen-bond donors (Lipinski definition) is 2. The van der Waals surface area contributed by atoms with Gasteiger partial charge in [-0.1, -0.05) is 12.1 Å². The highest BCUT2D eigenvalue weighted by atomic mass is 32.2. The number of nitrogens with one attached hydrogen (secondary N) is 1. The van der Waals surface area contributed by atoms with E-state index in [1.165, 1.54) is 25.2 Å². The van der Waals surface area contributed by atoms with Crippen molar-refractivity contribution < 1.29 is 18.3 Å². The van der Waals surface area contributed by atoms with Crippen LogP contribution in [0.1, 0.15) is 5.56 Å². The molecule has 15 heavy (non-hydrogen) atoms. The normalized spacial score (nSPS) is 11.3.